The number of likely N-dealkylation sites (N-methyl/N-ethyl adjacent to an activating group) is 1. The summed E-state index contributed by atoms with van der Waals surface area (Å²) in [6.45, 7) is 7.12. The van der Waals surface area contributed by atoms with E-state index in [0.29, 0.717) is 12.6 Å². The third-order valence-electron chi connectivity index (χ3n) is 5.79. The highest BCUT2D eigenvalue weighted by Gasteiger charge is 2.31. The summed E-state index contributed by atoms with van der Waals surface area (Å²) in [4.78, 5) is 14.8. The maximum Gasteiger partial charge on any atom is 0.258 e. The first-order chi connectivity index (χ1) is 12.1. The average molecular weight is 334 g/mol. The van der Waals surface area contributed by atoms with Gasteiger partial charge in [-0.2, -0.15) is 0 Å². The molecule has 1 saturated carbocycles. The van der Waals surface area contributed by atoms with Crippen molar-refractivity contribution in [2.45, 2.75) is 52.5 Å². The summed E-state index contributed by atoms with van der Waals surface area (Å²) in [5, 5.41) is 0. The number of benzene rings is 1. The lowest BCUT2D eigenvalue weighted by Gasteiger charge is -2.17. The summed E-state index contributed by atoms with van der Waals surface area (Å²) in [7, 11) is 0. The Morgan fingerprint density at radius 3 is 2.60 bits per heavy atom. The molecule has 1 amide bonds. The molecule has 0 unspecified atom stereocenters. The highest BCUT2D eigenvalue weighted by atomic mass is 16.2. The lowest BCUT2D eigenvalue weighted by molar-refractivity contribution is -0.112. The van der Waals surface area contributed by atoms with Gasteiger partial charge in [-0.1, -0.05) is 31.0 Å². The highest BCUT2D eigenvalue weighted by Crippen LogP contribution is 2.39. The Bertz CT molecular complexity index is 853. The number of hydrogen-bond donors (Lipinski definition) is 0. The fraction of sp³-hybridized carbons (Fsp3) is 0.409. The van der Waals surface area contributed by atoms with Crippen LogP contribution in [0.2, 0.25) is 0 Å². The molecule has 1 fully saturated rings. The van der Waals surface area contributed by atoms with Crippen molar-refractivity contribution in [1.29, 1.82) is 0 Å². The van der Waals surface area contributed by atoms with Gasteiger partial charge in [0, 0.05) is 35.1 Å². The van der Waals surface area contributed by atoms with Gasteiger partial charge in [-0.05, 0) is 57.4 Å². The van der Waals surface area contributed by atoms with Gasteiger partial charge in [0.15, 0.2) is 0 Å². The summed E-state index contributed by atoms with van der Waals surface area (Å²) in [6.07, 6.45) is 7.31. The zero-order chi connectivity index (χ0) is 17.6. The molecular weight excluding hydrogens is 308 g/mol. The molecule has 1 aromatic carbocycles. The van der Waals surface area contributed by atoms with Crippen molar-refractivity contribution in [3.8, 4) is 0 Å². The van der Waals surface area contributed by atoms with E-state index in [1.165, 1.54) is 42.6 Å². The molecule has 0 atom stereocenters. The van der Waals surface area contributed by atoms with Crippen LogP contribution in [0.1, 0.15) is 61.2 Å². The number of aromatic nitrogens is 1. The van der Waals surface area contributed by atoms with E-state index >= 15 is 0 Å². The topological polar surface area (TPSA) is 25.2 Å². The third kappa shape index (κ3) is 2.53. The van der Waals surface area contributed by atoms with Gasteiger partial charge in [0.1, 0.15) is 0 Å². The van der Waals surface area contributed by atoms with E-state index in [9.17, 15) is 4.79 Å². The summed E-state index contributed by atoms with van der Waals surface area (Å²) in [5.41, 5.74) is 6.69. The maximum atomic E-state index is 12.9. The first-order valence-corrected chi connectivity index (χ1v) is 9.43. The standard InChI is InChI=1S/C22H26N2O/c1-4-23-21-12-8-7-11-19(21)20(22(23)25)14-17-13-15(2)24(16(17)3)18-9-5-6-10-18/h7-8,11-14,18H,4-6,9-10H2,1-3H3/b20-14+. The van der Waals surface area contributed by atoms with E-state index in [1.807, 2.05) is 30.0 Å². The van der Waals surface area contributed by atoms with Crippen LogP contribution in [0.15, 0.2) is 30.3 Å². The van der Waals surface area contributed by atoms with E-state index in [1.54, 1.807) is 0 Å². The molecular formula is C22H26N2O. The smallest absolute Gasteiger partial charge is 0.258 e. The van der Waals surface area contributed by atoms with Gasteiger partial charge >= 0.3 is 0 Å². The minimum Gasteiger partial charge on any atom is -0.346 e. The van der Waals surface area contributed by atoms with Gasteiger partial charge in [0.05, 0.1) is 5.69 Å². The van der Waals surface area contributed by atoms with E-state index < -0.39 is 0 Å². The first kappa shape index (κ1) is 16.2. The van der Waals surface area contributed by atoms with Gasteiger partial charge in [-0.15, -0.1) is 0 Å². The minimum absolute atomic E-state index is 0.120. The SMILES string of the molecule is CCN1C(=O)/C(=C/c2cc(C)n(C3CCCC3)c2C)c2ccccc21. The lowest BCUT2D eigenvalue weighted by atomic mass is 10.0. The zero-order valence-electron chi connectivity index (χ0n) is 15.4. The number of amides is 1. The molecule has 0 radical (unpaired) electrons. The van der Waals surface area contributed by atoms with Crippen LogP contribution in [-0.2, 0) is 4.79 Å². The van der Waals surface area contributed by atoms with E-state index in [4.69, 9.17) is 0 Å². The molecule has 1 aliphatic heterocycles. The van der Waals surface area contributed by atoms with Crippen LogP contribution in [0, 0.1) is 13.8 Å². The van der Waals surface area contributed by atoms with Crippen LogP contribution in [0.25, 0.3) is 11.6 Å². The van der Waals surface area contributed by atoms with Crippen molar-refractivity contribution in [3.63, 3.8) is 0 Å². The molecule has 0 N–H and O–H groups in total. The second-order valence-corrected chi connectivity index (χ2v) is 7.26. The van der Waals surface area contributed by atoms with Crippen LogP contribution >= 0.6 is 0 Å². The molecule has 3 heteroatoms. The van der Waals surface area contributed by atoms with E-state index in [-0.39, 0.29) is 5.91 Å². The average Bonchev–Trinajstić information content (AvgIpc) is 3.28. The fourth-order valence-corrected chi connectivity index (χ4v) is 4.59. The summed E-state index contributed by atoms with van der Waals surface area (Å²) >= 11 is 0. The van der Waals surface area contributed by atoms with Gasteiger partial charge in [-0.3, -0.25) is 4.79 Å². The van der Waals surface area contributed by atoms with E-state index in [2.05, 4.69) is 36.6 Å². The molecule has 0 saturated heterocycles. The van der Waals surface area contributed by atoms with Crippen molar-refractivity contribution in [2.24, 2.45) is 0 Å². The van der Waals surface area contributed by atoms with Crippen LogP contribution in [0.4, 0.5) is 5.69 Å². The van der Waals surface area contributed by atoms with Gasteiger partial charge < -0.3 is 9.47 Å². The van der Waals surface area contributed by atoms with Crippen molar-refractivity contribution in [1.82, 2.24) is 4.57 Å². The Kier molecular flexibility index (Phi) is 4.03. The van der Waals surface area contributed by atoms with Gasteiger partial charge in [0.25, 0.3) is 5.91 Å². The molecule has 4 rings (SSSR count). The summed E-state index contributed by atoms with van der Waals surface area (Å²) in [5.74, 6) is 0.120. The number of fused-ring (bicyclic) bond motifs is 1. The molecule has 25 heavy (non-hydrogen) atoms. The van der Waals surface area contributed by atoms with Crippen molar-refractivity contribution < 1.29 is 4.79 Å². The van der Waals surface area contributed by atoms with E-state index in [0.717, 1.165) is 16.8 Å². The van der Waals surface area contributed by atoms with Crippen LogP contribution in [0.3, 0.4) is 0 Å². The predicted octanol–water partition coefficient (Wildman–Crippen LogP) is 5.13. The number of carbonyl (C=O) groups excluding carboxylic acids is 1. The molecule has 0 spiro atoms. The Labute approximate surface area is 150 Å². The van der Waals surface area contributed by atoms with Gasteiger partial charge in [0.2, 0.25) is 0 Å². The molecule has 1 aromatic heterocycles. The maximum absolute atomic E-state index is 12.9. The minimum atomic E-state index is 0.120. The number of rotatable bonds is 3. The predicted molar refractivity (Wildman–Crippen MR) is 104 cm³/mol. The number of para-hydroxylation sites is 1. The second-order valence-electron chi connectivity index (χ2n) is 7.26. The van der Waals surface area contributed by atoms with Crippen molar-refractivity contribution >= 4 is 23.2 Å². The zero-order valence-corrected chi connectivity index (χ0v) is 15.4. The Morgan fingerprint density at radius 2 is 1.88 bits per heavy atom. The number of hydrogen-bond acceptors (Lipinski definition) is 1. The number of anilines is 1. The third-order valence-corrected chi connectivity index (χ3v) is 5.79. The summed E-state index contributed by atoms with van der Waals surface area (Å²) in [6, 6.07) is 11.0. The monoisotopic (exact) mass is 334 g/mol. The Balaban J connectivity index is 1.79. The Morgan fingerprint density at radius 1 is 1.16 bits per heavy atom. The van der Waals surface area contributed by atoms with Gasteiger partial charge in [-0.25, -0.2) is 0 Å². The molecule has 2 aliphatic rings. The molecule has 1 aliphatic carbocycles. The molecule has 3 nitrogen and oxygen atoms in total. The van der Waals surface area contributed by atoms with Crippen molar-refractivity contribution in [3.05, 3.63) is 52.8 Å². The molecule has 130 valence electrons. The molecule has 0 bridgehead atoms. The normalized spacial score (nSPS) is 19.2. The van der Waals surface area contributed by atoms with Crippen molar-refractivity contribution in [2.75, 3.05) is 11.4 Å². The Hall–Kier alpha value is -2.29. The first-order valence-electron chi connectivity index (χ1n) is 9.43. The molecule has 2 heterocycles. The molecule has 2 aromatic rings. The number of carbonyl (C=O) groups is 1. The van der Waals surface area contributed by atoms with Crippen LogP contribution in [0.5, 0.6) is 0 Å². The summed E-state index contributed by atoms with van der Waals surface area (Å²) < 4.78 is 2.49. The second kappa shape index (κ2) is 6.21. The van der Waals surface area contributed by atoms with Crippen LogP contribution in [-0.4, -0.2) is 17.0 Å². The fourth-order valence-electron chi connectivity index (χ4n) is 4.59. The largest absolute Gasteiger partial charge is 0.346 e. The number of nitrogens with zero attached hydrogens (tertiary/aromatic N) is 2. The quantitative estimate of drug-likeness (QED) is 0.715. The highest BCUT2D eigenvalue weighted by molar-refractivity contribution is 6.35. The number of aryl methyl sites for hydroxylation is 1. The lowest BCUT2D eigenvalue weighted by Crippen LogP contribution is -2.25. The van der Waals surface area contributed by atoms with Crippen LogP contribution < -0.4 is 4.90 Å².